The van der Waals surface area contributed by atoms with Gasteiger partial charge in [0.25, 0.3) is 0 Å². The van der Waals surface area contributed by atoms with Crippen molar-refractivity contribution >= 4 is 29.1 Å². The smallest absolute Gasteiger partial charge is 0.220 e. The van der Waals surface area contributed by atoms with E-state index in [1.807, 2.05) is 26.8 Å². The zero-order valence-electron chi connectivity index (χ0n) is 10.3. The largest absolute Gasteiger partial charge is 0.351 e. The first-order valence-corrected chi connectivity index (χ1v) is 6.28. The lowest BCUT2D eigenvalue weighted by Crippen LogP contribution is -2.40. The summed E-state index contributed by atoms with van der Waals surface area (Å²) in [4.78, 5) is 11.6. The molecule has 0 aliphatic rings. The van der Waals surface area contributed by atoms with E-state index in [1.165, 1.54) is 0 Å². The fraction of sp³-hybridized carbons (Fsp3) is 0.462. The maximum absolute atomic E-state index is 11.6. The van der Waals surface area contributed by atoms with Crippen molar-refractivity contribution in [3.63, 3.8) is 0 Å². The Morgan fingerprint density at radius 2 is 1.94 bits per heavy atom. The van der Waals surface area contributed by atoms with Gasteiger partial charge in [-0.05, 0) is 44.9 Å². The van der Waals surface area contributed by atoms with Crippen LogP contribution in [0.1, 0.15) is 32.8 Å². The Balaban J connectivity index is 2.53. The van der Waals surface area contributed by atoms with Gasteiger partial charge in [-0.15, -0.1) is 0 Å². The SMILES string of the molecule is CC(C)(C)NC(=O)CCc1ccc(Cl)cc1Cl. The van der Waals surface area contributed by atoms with Gasteiger partial charge in [0.15, 0.2) is 0 Å². The van der Waals surface area contributed by atoms with E-state index in [4.69, 9.17) is 23.2 Å². The van der Waals surface area contributed by atoms with Gasteiger partial charge in [-0.3, -0.25) is 4.79 Å². The summed E-state index contributed by atoms with van der Waals surface area (Å²) in [5.41, 5.74) is 0.751. The van der Waals surface area contributed by atoms with Crippen LogP contribution in [0.4, 0.5) is 0 Å². The highest BCUT2D eigenvalue weighted by atomic mass is 35.5. The van der Waals surface area contributed by atoms with Gasteiger partial charge in [0.2, 0.25) is 5.91 Å². The number of aryl methyl sites for hydroxylation is 1. The highest BCUT2D eigenvalue weighted by molar-refractivity contribution is 6.35. The lowest BCUT2D eigenvalue weighted by Gasteiger charge is -2.20. The molecule has 0 heterocycles. The minimum absolute atomic E-state index is 0.0310. The summed E-state index contributed by atoms with van der Waals surface area (Å²) in [6.07, 6.45) is 1.05. The molecule has 0 bridgehead atoms. The molecule has 0 aromatic heterocycles. The standard InChI is InChI=1S/C13H17Cl2NO/c1-13(2,3)16-12(17)7-5-9-4-6-10(14)8-11(9)15/h4,6,8H,5,7H2,1-3H3,(H,16,17). The van der Waals surface area contributed by atoms with Gasteiger partial charge in [-0.1, -0.05) is 29.3 Å². The second-order valence-corrected chi connectivity index (χ2v) is 5.88. The molecule has 0 aliphatic carbocycles. The van der Waals surface area contributed by atoms with Gasteiger partial charge in [0.05, 0.1) is 0 Å². The van der Waals surface area contributed by atoms with Crippen molar-refractivity contribution in [2.75, 3.05) is 0 Å². The molecule has 0 saturated heterocycles. The quantitative estimate of drug-likeness (QED) is 0.891. The number of nitrogens with one attached hydrogen (secondary N) is 1. The van der Waals surface area contributed by atoms with Crippen LogP contribution in [0.5, 0.6) is 0 Å². The number of hydrogen-bond donors (Lipinski definition) is 1. The molecular formula is C13H17Cl2NO. The normalized spacial score (nSPS) is 11.4. The lowest BCUT2D eigenvalue weighted by molar-refractivity contribution is -0.122. The van der Waals surface area contributed by atoms with E-state index in [0.29, 0.717) is 22.9 Å². The van der Waals surface area contributed by atoms with Gasteiger partial charge in [0.1, 0.15) is 0 Å². The second kappa shape index (κ2) is 5.74. The van der Waals surface area contributed by atoms with E-state index in [-0.39, 0.29) is 11.4 Å². The average molecular weight is 274 g/mol. The molecular weight excluding hydrogens is 257 g/mol. The lowest BCUT2D eigenvalue weighted by atomic mass is 10.1. The molecule has 0 unspecified atom stereocenters. The van der Waals surface area contributed by atoms with Crippen LogP contribution in [-0.2, 0) is 11.2 Å². The summed E-state index contributed by atoms with van der Waals surface area (Å²) in [7, 11) is 0. The average Bonchev–Trinajstić information content (AvgIpc) is 2.13. The molecule has 1 N–H and O–H groups in total. The molecule has 1 rings (SSSR count). The summed E-state index contributed by atoms with van der Waals surface area (Å²) < 4.78 is 0. The number of carbonyl (C=O) groups excluding carboxylic acids is 1. The van der Waals surface area contributed by atoms with Gasteiger partial charge in [-0.25, -0.2) is 0 Å². The molecule has 94 valence electrons. The number of benzene rings is 1. The van der Waals surface area contributed by atoms with Gasteiger partial charge in [0, 0.05) is 22.0 Å². The van der Waals surface area contributed by atoms with Crippen molar-refractivity contribution in [2.45, 2.75) is 39.2 Å². The third-order valence-electron chi connectivity index (χ3n) is 2.15. The van der Waals surface area contributed by atoms with E-state index in [2.05, 4.69) is 5.32 Å². The molecule has 0 saturated carbocycles. The van der Waals surface area contributed by atoms with Gasteiger partial charge >= 0.3 is 0 Å². The minimum Gasteiger partial charge on any atom is -0.351 e. The number of carbonyl (C=O) groups is 1. The Kier molecular flexibility index (Phi) is 4.84. The van der Waals surface area contributed by atoms with Crippen molar-refractivity contribution < 1.29 is 4.79 Å². The van der Waals surface area contributed by atoms with Crippen LogP contribution in [0.15, 0.2) is 18.2 Å². The van der Waals surface area contributed by atoms with Crippen molar-refractivity contribution in [3.8, 4) is 0 Å². The molecule has 0 spiro atoms. The molecule has 0 aliphatic heterocycles. The number of halogens is 2. The summed E-state index contributed by atoms with van der Waals surface area (Å²) >= 11 is 11.8. The predicted molar refractivity (Wildman–Crippen MR) is 72.7 cm³/mol. The third kappa shape index (κ3) is 5.42. The molecule has 4 heteroatoms. The molecule has 0 radical (unpaired) electrons. The Morgan fingerprint density at radius 1 is 1.29 bits per heavy atom. The molecule has 1 aromatic carbocycles. The van der Waals surface area contributed by atoms with Crippen molar-refractivity contribution in [1.29, 1.82) is 0 Å². The Hall–Kier alpha value is -0.730. The number of rotatable bonds is 3. The summed E-state index contributed by atoms with van der Waals surface area (Å²) in [6, 6.07) is 5.33. The number of hydrogen-bond acceptors (Lipinski definition) is 1. The highest BCUT2D eigenvalue weighted by Crippen LogP contribution is 2.22. The van der Waals surface area contributed by atoms with Crippen molar-refractivity contribution in [2.24, 2.45) is 0 Å². The molecule has 0 atom stereocenters. The van der Waals surface area contributed by atoms with Crippen LogP contribution in [0, 0.1) is 0 Å². The molecule has 1 amide bonds. The van der Waals surface area contributed by atoms with Crippen LogP contribution in [0.3, 0.4) is 0 Å². The fourth-order valence-corrected chi connectivity index (χ4v) is 1.96. The molecule has 1 aromatic rings. The van der Waals surface area contributed by atoms with Crippen LogP contribution in [-0.4, -0.2) is 11.4 Å². The molecule has 0 fully saturated rings. The zero-order chi connectivity index (χ0) is 13.1. The Morgan fingerprint density at radius 3 is 2.47 bits per heavy atom. The number of amides is 1. The maximum atomic E-state index is 11.6. The first kappa shape index (κ1) is 14.3. The Labute approximate surface area is 112 Å². The van der Waals surface area contributed by atoms with E-state index in [9.17, 15) is 4.79 Å². The van der Waals surface area contributed by atoms with Crippen molar-refractivity contribution in [3.05, 3.63) is 33.8 Å². The van der Waals surface area contributed by atoms with E-state index >= 15 is 0 Å². The summed E-state index contributed by atoms with van der Waals surface area (Å²) in [6.45, 7) is 5.88. The molecule has 2 nitrogen and oxygen atoms in total. The van der Waals surface area contributed by atoms with Crippen LogP contribution >= 0.6 is 23.2 Å². The van der Waals surface area contributed by atoms with Crippen LogP contribution in [0.25, 0.3) is 0 Å². The van der Waals surface area contributed by atoms with Gasteiger partial charge < -0.3 is 5.32 Å². The monoisotopic (exact) mass is 273 g/mol. The first-order valence-electron chi connectivity index (χ1n) is 5.53. The third-order valence-corrected chi connectivity index (χ3v) is 2.74. The van der Waals surface area contributed by atoms with E-state index in [1.54, 1.807) is 12.1 Å². The van der Waals surface area contributed by atoms with E-state index < -0.39 is 0 Å². The zero-order valence-corrected chi connectivity index (χ0v) is 11.8. The van der Waals surface area contributed by atoms with Gasteiger partial charge in [-0.2, -0.15) is 0 Å². The Bertz CT molecular complexity index is 410. The fourth-order valence-electron chi connectivity index (χ4n) is 1.45. The highest BCUT2D eigenvalue weighted by Gasteiger charge is 2.13. The summed E-state index contributed by atoms with van der Waals surface area (Å²) in [5.74, 6) is 0.0310. The second-order valence-electron chi connectivity index (χ2n) is 5.03. The van der Waals surface area contributed by atoms with Crippen LogP contribution in [0.2, 0.25) is 10.0 Å². The minimum atomic E-state index is -0.194. The summed E-state index contributed by atoms with van der Waals surface area (Å²) in [5, 5.41) is 4.13. The van der Waals surface area contributed by atoms with E-state index in [0.717, 1.165) is 5.56 Å². The van der Waals surface area contributed by atoms with Crippen molar-refractivity contribution in [1.82, 2.24) is 5.32 Å². The first-order chi connectivity index (χ1) is 7.78. The molecule has 17 heavy (non-hydrogen) atoms. The topological polar surface area (TPSA) is 29.1 Å². The predicted octanol–water partition coefficient (Wildman–Crippen LogP) is 3.84. The maximum Gasteiger partial charge on any atom is 0.220 e. The van der Waals surface area contributed by atoms with Crippen LogP contribution < -0.4 is 5.32 Å².